The molecule has 0 amide bonds. The van der Waals surface area contributed by atoms with Crippen LogP contribution in [-0.4, -0.2) is 24.9 Å². The van der Waals surface area contributed by atoms with Gasteiger partial charge in [0.2, 0.25) is 5.82 Å². The van der Waals surface area contributed by atoms with E-state index in [2.05, 4.69) is 30.6 Å². The maximum Gasteiger partial charge on any atom is 0.782 e. The molecule has 0 aliphatic rings. The van der Waals surface area contributed by atoms with E-state index >= 15 is 0 Å². The van der Waals surface area contributed by atoms with Crippen LogP contribution in [0.5, 0.6) is 0 Å². The molecule has 1 aromatic heterocycles. The molecule has 2 aromatic rings. The van der Waals surface area contributed by atoms with Crippen molar-refractivity contribution in [1.29, 1.82) is 0 Å². The summed E-state index contributed by atoms with van der Waals surface area (Å²) in [5, 5.41) is 36.0. The number of aromatic nitrogens is 2. The summed E-state index contributed by atoms with van der Waals surface area (Å²) in [6, 6.07) is 6.16. The molecule has 0 aliphatic carbocycles. The average Bonchev–Trinajstić information content (AvgIpc) is 2.88. The molecule has 2 rings (SSSR count). The van der Waals surface area contributed by atoms with Gasteiger partial charge in [0.15, 0.2) is 14.8 Å². The molecule has 0 unspecified atom stereocenters. The van der Waals surface area contributed by atoms with Gasteiger partial charge in [-0.1, -0.05) is 21.1 Å². The predicted octanol–water partition coefficient (Wildman–Crippen LogP) is 1.44. The van der Waals surface area contributed by atoms with Gasteiger partial charge in [-0.25, -0.2) is 0 Å². The van der Waals surface area contributed by atoms with Crippen LogP contribution >= 0.6 is 15.9 Å². The van der Waals surface area contributed by atoms with Crippen molar-refractivity contribution in [2.45, 2.75) is 5.79 Å². The van der Waals surface area contributed by atoms with Gasteiger partial charge >= 0.3 is 11.7 Å². The zero-order valence-electron chi connectivity index (χ0n) is 10.3. The first-order valence-corrected chi connectivity index (χ1v) is 6.13. The smallest absolute Gasteiger partial charge is 0.315 e. The zero-order chi connectivity index (χ0) is 16.5. The van der Waals surface area contributed by atoms with Gasteiger partial charge in [0.05, 0.1) is 0 Å². The predicted molar refractivity (Wildman–Crippen MR) is 70.1 cm³/mol. The molecule has 0 spiro atoms. The van der Waals surface area contributed by atoms with Gasteiger partial charge in [-0.2, -0.15) is 4.98 Å². The van der Waals surface area contributed by atoms with Crippen LogP contribution in [0.1, 0.15) is 5.89 Å². The maximum absolute atomic E-state index is 10.9. The van der Waals surface area contributed by atoms with E-state index in [9.17, 15) is 30.3 Å². The molecule has 12 nitrogen and oxygen atoms in total. The highest BCUT2D eigenvalue weighted by Crippen LogP contribution is 2.27. The second-order valence-corrected chi connectivity index (χ2v) is 4.75. The molecule has 1 heterocycles. The van der Waals surface area contributed by atoms with Gasteiger partial charge in [0.1, 0.15) is 0 Å². The Balaban J connectivity index is 2.57. The second kappa shape index (κ2) is 5.44. The summed E-state index contributed by atoms with van der Waals surface area (Å²) >= 11 is 3.18. The van der Waals surface area contributed by atoms with Crippen molar-refractivity contribution >= 4 is 15.9 Å². The molecule has 0 N–H and O–H groups in total. The SMILES string of the molecule is O=[N+]([O-])C(c1nc(-c2ccc(Br)cc2)no1)([N+](=O)[O-])[N+](=O)[O-]. The Morgan fingerprint density at radius 3 is 1.95 bits per heavy atom. The minimum atomic E-state index is -3.94. The van der Waals surface area contributed by atoms with Crippen LogP contribution in [0, 0.1) is 30.3 Å². The highest BCUT2D eigenvalue weighted by molar-refractivity contribution is 9.10. The molecule has 114 valence electrons. The Morgan fingerprint density at radius 1 is 1.00 bits per heavy atom. The number of halogens is 1. The van der Waals surface area contributed by atoms with Crippen molar-refractivity contribution in [2.24, 2.45) is 0 Å². The lowest BCUT2D eigenvalue weighted by molar-refractivity contribution is -0.989. The normalized spacial score (nSPS) is 11.1. The van der Waals surface area contributed by atoms with E-state index in [1.807, 2.05) is 0 Å². The van der Waals surface area contributed by atoms with Gasteiger partial charge in [0, 0.05) is 10.0 Å². The summed E-state index contributed by atoms with van der Waals surface area (Å²) in [5.74, 6) is -5.54. The Kier molecular flexibility index (Phi) is 3.81. The number of nitrogens with zero attached hydrogens (tertiary/aromatic N) is 5. The third kappa shape index (κ3) is 2.26. The van der Waals surface area contributed by atoms with E-state index in [0.29, 0.717) is 5.56 Å². The van der Waals surface area contributed by atoms with E-state index in [0.717, 1.165) is 4.47 Å². The lowest BCUT2D eigenvalue weighted by Gasteiger charge is -2.03. The first-order valence-electron chi connectivity index (χ1n) is 5.33. The number of hydrogen-bond donors (Lipinski definition) is 0. The highest BCUT2D eigenvalue weighted by atomic mass is 79.9. The molecule has 0 atom stereocenters. The minimum Gasteiger partial charge on any atom is -0.315 e. The van der Waals surface area contributed by atoms with E-state index < -0.39 is 26.4 Å². The molecule has 0 saturated carbocycles. The van der Waals surface area contributed by atoms with E-state index in [-0.39, 0.29) is 5.82 Å². The standard InChI is InChI=1S/C9H4BrN5O7/c10-6-3-1-5(2-4-6)7-11-8(22-12-7)9(13(16)17,14(18)19)15(20)21/h1-4H. The van der Waals surface area contributed by atoms with Crippen LogP contribution in [0.2, 0.25) is 0 Å². The van der Waals surface area contributed by atoms with Crippen LogP contribution in [0.3, 0.4) is 0 Å². The number of hydrogen-bond acceptors (Lipinski definition) is 9. The topological polar surface area (TPSA) is 168 Å². The monoisotopic (exact) mass is 373 g/mol. The van der Waals surface area contributed by atoms with Crippen LogP contribution in [0.4, 0.5) is 0 Å². The van der Waals surface area contributed by atoms with Gasteiger partial charge in [0.25, 0.3) is 0 Å². The largest absolute Gasteiger partial charge is 0.782 e. The quantitative estimate of drug-likeness (QED) is 0.427. The maximum atomic E-state index is 10.9. The molecule has 0 aliphatic heterocycles. The molecule has 0 bridgehead atoms. The summed E-state index contributed by atoms with van der Waals surface area (Å²) in [6.45, 7) is 0. The summed E-state index contributed by atoms with van der Waals surface area (Å²) < 4.78 is 5.12. The van der Waals surface area contributed by atoms with Crippen molar-refractivity contribution < 1.29 is 19.3 Å². The van der Waals surface area contributed by atoms with Crippen LogP contribution in [-0.2, 0) is 5.79 Å². The van der Waals surface area contributed by atoms with Crippen molar-refractivity contribution in [1.82, 2.24) is 10.1 Å². The van der Waals surface area contributed by atoms with Gasteiger partial charge in [-0.3, -0.25) is 30.3 Å². The van der Waals surface area contributed by atoms with Crippen molar-refractivity contribution in [2.75, 3.05) is 0 Å². The molecule has 1 aromatic carbocycles. The molecule has 13 heteroatoms. The number of nitro groups is 3. The molecule has 0 saturated heterocycles. The fraction of sp³-hybridized carbons (Fsp3) is 0.111. The molecular formula is C9H4BrN5O7. The van der Waals surface area contributed by atoms with Crippen LogP contribution in [0.25, 0.3) is 11.4 Å². The fourth-order valence-corrected chi connectivity index (χ4v) is 1.77. The first-order chi connectivity index (χ1) is 10.3. The van der Waals surface area contributed by atoms with Gasteiger partial charge in [-0.05, 0) is 24.3 Å². The summed E-state index contributed by atoms with van der Waals surface area (Å²) in [5.41, 5.74) is 0.308. The van der Waals surface area contributed by atoms with Crippen LogP contribution in [0.15, 0.2) is 33.3 Å². The third-order valence-corrected chi connectivity index (χ3v) is 3.11. The second-order valence-electron chi connectivity index (χ2n) is 3.84. The van der Waals surface area contributed by atoms with Crippen molar-refractivity contribution in [3.05, 3.63) is 65.0 Å². The summed E-state index contributed by atoms with van der Waals surface area (Å²) in [6.07, 6.45) is 0. The zero-order valence-corrected chi connectivity index (χ0v) is 11.9. The third-order valence-electron chi connectivity index (χ3n) is 2.58. The lowest BCUT2D eigenvalue weighted by Crippen LogP contribution is -2.50. The van der Waals surface area contributed by atoms with E-state index in [1.165, 1.54) is 12.1 Å². The highest BCUT2D eigenvalue weighted by Gasteiger charge is 2.78. The molecule has 22 heavy (non-hydrogen) atoms. The van der Waals surface area contributed by atoms with Gasteiger partial charge < -0.3 is 4.52 Å². The van der Waals surface area contributed by atoms with Crippen molar-refractivity contribution in [3.63, 3.8) is 0 Å². The number of benzene rings is 1. The van der Waals surface area contributed by atoms with Gasteiger partial charge in [-0.15, -0.1) is 0 Å². The van der Waals surface area contributed by atoms with E-state index in [1.54, 1.807) is 12.1 Å². The number of rotatable bonds is 5. The fourth-order valence-electron chi connectivity index (χ4n) is 1.51. The summed E-state index contributed by atoms with van der Waals surface area (Å²) in [4.78, 5) is 31.0. The minimum absolute atomic E-state index is 0.252. The Labute approximate surface area is 128 Å². The Bertz CT molecular complexity index is 722. The van der Waals surface area contributed by atoms with E-state index in [4.69, 9.17) is 0 Å². The lowest BCUT2D eigenvalue weighted by atomic mass is 10.2. The molecular weight excluding hydrogens is 370 g/mol. The summed E-state index contributed by atoms with van der Waals surface area (Å²) in [7, 11) is 0. The molecule has 0 fully saturated rings. The Hall–Kier alpha value is -2.96. The molecule has 0 radical (unpaired) electrons. The Morgan fingerprint density at radius 2 is 1.50 bits per heavy atom. The average molecular weight is 374 g/mol. The van der Waals surface area contributed by atoms with Crippen molar-refractivity contribution in [3.8, 4) is 11.4 Å². The van der Waals surface area contributed by atoms with Crippen LogP contribution < -0.4 is 0 Å². The first kappa shape index (κ1) is 15.4.